The van der Waals surface area contributed by atoms with Crippen LogP contribution in [0.4, 0.5) is 0 Å². The van der Waals surface area contributed by atoms with Crippen molar-refractivity contribution in [1.29, 1.82) is 0 Å². The van der Waals surface area contributed by atoms with Crippen LogP contribution in [-0.2, 0) is 19.1 Å². The molecule has 0 spiro atoms. The predicted molar refractivity (Wildman–Crippen MR) is 78.0 cm³/mol. The third-order valence-electron chi connectivity index (χ3n) is 2.91. The maximum Gasteiger partial charge on any atom is 0.308 e. The largest absolute Gasteiger partial charge is 0.426 e. The molecular weight excluding hydrogens is 268 g/mol. The van der Waals surface area contributed by atoms with Gasteiger partial charge in [-0.2, -0.15) is 0 Å². The number of carbonyl (C=O) groups excluding carboxylic acids is 3. The standard InChI is InChI=1S/C17H14O4/c1-11-10-14(19)16(17(11)20)15(21-12(2)18)9-8-13-6-4-3-5-7-13/h3-10H,1-2H3/b9-8+,16-15-. The molecule has 0 heterocycles. The molecule has 4 nitrogen and oxygen atoms in total. The summed E-state index contributed by atoms with van der Waals surface area (Å²) in [7, 11) is 0. The zero-order chi connectivity index (χ0) is 15.4. The molecule has 2 rings (SSSR count). The Hall–Kier alpha value is -2.75. The van der Waals surface area contributed by atoms with E-state index in [9.17, 15) is 14.4 Å². The lowest BCUT2D eigenvalue weighted by atomic mass is 10.1. The zero-order valence-electron chi connectivity index (χ0n) is 11.8. The second-order valence-corrected chi connectivity index (χ2v) is 4.60. The smallest absolute Gasteiger partial charge is 0.308 e. The Morgan fingerprint density at radius 3 is 2.33 bits per heavy atom. The number of carbonyl (C=O) groups is 3. The van der Waals surface area contributed by atoms with Crippen LogP contribution in [0.1, 0.15) is 19.4 Å². The highest BCUT2D eigenvalue weighted by Crippen LogP contribution is 2.22. The lowest BCUT2D eigenvalue weighted by molar-refractivity contribution is -0.136. The van der Waals surface area contributed by atoms with Gasteiger partial charge in [-0.25, -0.2) is 0 Å². The number of esters is 1. The summed E-state index contributed by atoms with van der Waals surface area (Å²) in [4.78, 5) is 35.0. The quantitative estimate of drug-likeness (QED) is 0.370. The molecule has 4 heteroatoms. The van der Waals surface area contributed by atoms with Gasteiger partial charge in [-0.1, -0.05) is 36.4 Å². The van der Waals surface area contributed by atoms with Gasteiger partial charge in [0.15, 0.2) is 11.6 Å². The van der Waals surface area contributed by atoms with E-state index >= 15 is 0 Å². The van der Waals surface area contributed by atoms with Gasteiger partial charge in [0, 0.05) is 12.5 Å². The van der Waals surface area contributed by atoms with E-state index in [4.69, 9.17) is 4.74 Å². The molecule has 0 unspecified atom stereocenters. The van der Waals surface area contributed by atoms with Gasteiger partial charge in [-0.15, -0.1) is 0 Å². The van der Waals surface area contributed by atoms with Crippen LogP contribution in [0.5, 0.6) is 0 Å². The van der Waals surface area contributed by atoms with Gasteiger partial charge >= 0.3 is 5.97 Å². The van der Waals surface area contributed by atoms with Gasteiger partial charge < -0.3 is 4.74 Å². The summed E-state index contributed by atoms with van der Waals surface area (Å²) in [5.74, 6) is -1.45. The highest BCUT2D eigenvalue weighted by molar-refractivity contribution is 6.36. The molecule has 1 aromatic rings. The molecule has 0 fully saturated rings. The summed E-state index contributed by atoms with van der Waals surface area (Å²) in [6.07, 6.45) is 4.39. The number of ketones is 2. The van der Waals surface area contributed by atoms with Crippen LogP contribution in [0.25, 0.3) is 6.08 Å². The number of hydrogen-bond acceptors (Lipinski definition) is 4. The topological polar surface area (TPSA) is 60.4 Å². The molecule has 106 valence electrons. The van der Waals surface area contributed by atoms with E-state index in [2.05, 4.69) is 0 Å². The molecule has 0 aromatic heterocycles. The summed E-state index contributed by atoms with van der Waals surface area (Å²) >= 11 is 0. The van der Waals surface area contributed by atoms with E-state index in [1.165, 1.54) is 19.1 Å². The summed E-state index contributed by atoms with van der Waals surface area (Å²) in [5, 5.41) is 0. The van der Waals surface area contributed by atoms with Crippen molar-refractivity contribution in [2.45, 2.75) is 13.8 Å². The Kier molecular flexibility index (Phi) is 4.28. The molecule has 0 radical (unpaired) electrons. The van der Waals surface area contributed by atoms with Crippen LogP contribution in [-0.4, -0.2) is 17.5 Å². The minimum absolute atomic E-state index is 0.0190. The number of hydrogen-bond donors (Lipinski definition) is 0. The van der Waals surface area contributed by atoms with Crippen molar-refractivity contribution in [2.75, 3.05) is 0 Å². The average Bonchev–Trinajstić information content (AvgIpc) is 2.69. The second kappa shape index (κ2) is 6.13. The van der Waals surface area contributed by atoms with Gasteiger partial charge in [0.05, 0.1) is 0 Å². The van der Waals surface area contributed by atoms with E-state index in [1.54, 1.807) is 13.0 Å². The van der Waals surface area contributed by atoms with Crippen LogP contribution < -0.4 is 0 Å². The number of allylic oxidation sites excluding steroid dienone is 4. The van der Waals surface area contributed by atoms with Crippen molar-refractivity contribution in [3.05, 3.63) is 65.0 Å². The van der Waals surface area contributed by atoms with Crippen molar-refractivity contribution in [3.63, 3.8) is 0 Å². The monoisotopic (exact) mass is 282 g/mol. The van der Waals surface area contributed by atoms with Crippen molar-refractivity contribution in [2.24, 2.45) is 0 Å². The van der Waals surface area contributed by atoms with Gasteiger partial charge in [0.2, 0.25) is 0 Å². The molecule has 1 aromatic carbocycles. The van der Waals surface area contributed by atoms with Gasteiger partial charge in [-0.05, 0) is 24.6 Å². The first-order valence-corrected chi connectivity index (χ1v) is 6.42. The number of rotatable bonds is 3. The van der Waals surface area contributed by atoms with Crippen molar-refractivity contribution < 1.29 is 19.1 Å². The fraction of sp³-hybridized carbons (Fsp3) is 0.118. The van der Waals surface area contributed by atoms with Crippen LogP contribution in [0.15, 0.2) is 59.4 Å². The highest BCUT2D eigenvalue weighted by Gasteiger charge is 2.29. The van der Waals surface area contributed by atoms with Gasteiger partial charge in [0.25, 0.3) is 0 Å². The van der Waals surface area contributed by atoms with E-state index in [0.29, 0.717) is 5.57 Å². The molecule has 0 saturated carbocycles. The van der Waals surface area contributed by atoms with Crippen LogP contribution in [0.2, 0.25) is 0 Å². The molecule has 1 aliphatic carbocycles. The SMILES string of the molecule is CC(=O)OC(/C=C/c1ccccc1)=C1/C(=O)C=C(C)C1=O. The first-order chi connectivity index (χ1) is 9.99. The van der Waals surface area contributed by atoms with E-state index in [0.717, 1.165) is 5.56 Å². The molecular formula is C17H14O4. The zero-order valence-corrected chi connectivity index (χ0v) is 11.8. The highest BCUT2D eigenvalue weighted by atomic mass is 16.5. The van der Waals surface area contributed by atoms with E-state index in [-0.39, 0.29) is 11.3 Å². The van der Waals surface area contributed by atoms with Crippen molar-refractivity contribution in [1.82, 2.24) is 0 Å². The molecule has 1 aliphatic rings. The third kappa shape index (κ3) is 3.42. The Balaban J connectivity index is 2.41. The summed E-state index contributed by atoms with van der Waals surface area (Å²) in [6.45, 7) is 2.78. The van der Waals surface area contributed by atoms with Crippen molar-refractivity contribution >= 4 is 23.6 Å². The van der Waals surface area contributed by atoms with E-state index < -0.39 is 17.5 Å². The molecule has 21 heavy (non-hydrogen) atoms. The van der Waals surface area contributed by atoms with Gasteiger partial charge in [0.1, 0.15) is 11.3 Å². The summed E-state index contributed by atoms with van der Waals surface area (Å²) in [5.41, 5.74) is 1.10. The maximum absolute atomic E-state index is 12.0. The molecule has 0 bridgehead atoms. The molecule has 0 N–H and O–H groups in total. The van der Waals surface area contributed by atoms with Crippen LogP contribution in [0.3, 0.4) is 0 Å². The molecule has 0 aliphatic heterocycles. The number of Topliss-reactive ketones (excluding diaryl/α,β-unsaturated/α-hetero) is 1. The normalized spacial score (nSPS) is 17.1. The van der Waals surface area contributed by atoms with Gasteiger partial charge in [-0.3, -0.25) is 14.4 Å². The number of benzene rings is 1. The summed E-state index contributed by atoms with van der Waals surface area (Å²) < 4.78 is 5.02. The lowest BCUT2D eigenvalue weighted by Gasteiger charge is -2.05. The Labute approximate surface area is 122 Å². The van der Waals surface area contributed by atoms with E-state index in [1.807, 2.05) is 30.3 Å². The number of ether oxygens (including phenoxy) is 1. The lowest BCUT2D eigenvalue weighted by Crippen LogP contribution is -2.10. The summed E-state index contributed by atoms with van der Waals surface area (Å²) in [6, 6.07) is 9.30. The maximum atomic E-state index is 12.0. The predicted octanol–water partition coefficient (Wildman–Crippen LogP) is 2.62. The second-order valence-electron chi connectivity index (χ2n) is 4.60. The molecule has 0 atom stereocenters. The first-order valence-electron chi connectivity index (χ1n) is 6.42. The van der Waals surface area contributed by atoms with Crippen LogP contribution in [0, 0.1) is 0 Å². The fourth-order valence-corrected chi connectivity index (χ4v) is 1.94. The molecule has 0 amide bonds. The Morgan fingerprint density at radius 2 is 1.81 bits per heavy atom. The fourth-order valence-electron chi connectivity index (χ4n) is 1.94. The first kappa shape index (κ1) is 14.7. The van der Waals surface area contributed by atoms with Crippen molar-refractivity contribution in [3.8, 4) is 0 Å². The van der Waals surface area contributed by atoms with Crippen LogP contribution >= 0.6 is 0 Å². The minimum Gasteiger partial charge on any atom is -0.426 e. The average molecular weight is 282 g/mol. The Bertz CT molecular complexity index is 691. The third-order valence-corrected chi connectivity index (χ3v) is 2.91. The molecule has 0 saturated heterocycles. The minimum atomic E-state index is -0.583. The Morgan fingerprint density at radius 1 is 1.14 bits per heavy atom.